The third kappa shape index (κ3) is 3.89. The molecule has 1 aromatic carbocycles. The van der Waals surface area contributed by atoms with E-state index in [-0.39, 0.29) is 25.1 Å². The number of carbonyl (C=O) groups is 1. The minimum absolute atomic E-state index is 0. The van der Waals surface area contributed by atoms with E-state index < -0.39 is 0 Å². The van der Waals surface area contributed by atoms with Gasteiger partial charge in [-0.15, -0.1) is 0 Å². The van der Waals surface area contributed by atoms with Crippen molar-refractivity contribution in [2.75, 3.05) is 0 Å². The Morgan fingerprint density at radius 2 is 1.59 bits per heavy atom. The lowest BCUT2D eigenvalue weighted by Crippen LogP contribution is -3.00. The van der Waals surface area contributed by atoms with E-state index in [0.29, 0.717) is 5.56 Å². The van der Waals surface area contributed by atoms with Gasteiger partial charge in [-0.2, -0.15) is 4.57 Å². The summed E-state index contributed by atoms with van der Waals surface area (Å²) in [7, 11) is 0. The first-order valence-electron chi connectivity index (χ1n) is 5.02. The number of ether oxygens (including phenoxy) is 1. The number of carbonyl (C=O) groups excluding carboxylic acids is 1. The highest BCUT2D eigenvalue weighted by molar-refractivity contribution is 5.89. The number of hydrogen-bond acceptors (Lipinski definition) is 2. The molecule has 17 heavy (non-hydrogen) atoms. The molecular weight excluding hydrogens is 238 g/mol. The van der Waals surface area contributed by atoms with Crippen molar-refractivity contribution in [2.45, 2.75) is 6.73 Å². The summed E-state index contributed by atoms with van der Waals surface area (Å²) in [5.41, 5.74) is 0.569. The lowest BCUT2D eigenvalue weighted by molar-refractivity contribution is -0.727. The van der Waals surface area contributed by atoms with Gasteiger partial charge in [0.15, 0.2) is 12.4 Å². The highest BCUT2D eigenvalue weighted by Crippen LogP contribution is 2.00. The van der Waals surface area contributed by atoms with Crippen molar-refractivity contribution in [3.8, 4) is 0 Å². The molecule has 1 aromatic heterocycles. The number of halogens is 1. The first kappa shape index (κ1) is 13.2. The number of aromatic nitrogens is 1. The van der Waals surface area contributed by atoms with Crippen LogP contribution in [0.4, 0.5) is 0 Å². The standard InChI is InChI=1S/C13H12NO2.ClH/c15-13(12-7-3-1-4-8-12)16-11-14-9-5-2-6-10-14;/h1-10H,11H2;1H/q+1;/p-1. The molecule has 0 atom stereocenters. The normalized spacial score (nSPS) is 9.18. The Bertz CT molecular complexity index is 459. The molecule has 0 aliphatic heterocycles. The van der Waals surface area contributed by atoms with Crippen molar-refractivity contribution in [1.82, 2.24) is 0 Å². The Morgan fingerprint density at radius 3 is 2.24 bits per heavy atom. The molecule has 0 aliphatic carbocycles. The molecule has 0 N–H and O–H groups in total. The van der Waals surface area contributed by atoms with Crippen LogP contribution in [0.25, 0.3) is 0 Å². The summed E-state index contributed by atoms with van der Waals surface area (Å²) in [4.78, 5) is 11.6. The van der Waals surface area contributed by atoms with E-state index in [2.05, 4.69) is 0 Å². The molecule has 0 fully saturated rings. The maximum absolute atomic E-state index is 11.6. The van der Waals surface area contributed by atoms with Crippen molar-refractivity contribution in [1.29, 1.82) is 0 Å². The Labute approximate surface area is 106 Å². The number of rotatable bonds is 3. The second-order valence-corrected chi connectivity index (χ2v) is 3.32. The summed E-state index contributed by atoms with van der Waals surface area (Å²) in [5, 5.41) is 0. The predicted molar refractivity (Wildman–Crippen MR) is 58.5 cm³/mol. The highest BCUT2D eigenvalue weighted by atomic mass is 35.5. The zero-order valence-corrected chi connectivity index (χ0v) is 9.88. The van der Waals surface area contributed by atoms with E-state index in [0.717, 1.165) is 0 Å². The summed E-state index contributed by atoms with van der Waals surface area (Å²) < 4.78 is 6.93. The number of hydrogen-bond donors (Lipinski definition) is 0. The second kappa shape index (κ2) is 6.66. The molecule has 0 unspecified atom stereocenters. The van der Waals surface area contributed by atoms with Gasteiger partial charge in [0.25, 0.3) is 6.73 Å². The van der Waals surface area contributed by atoms with Gasteiger partial charge in [-0.05, 0) is 12.1 Å². The van der Waals surface area contributed by atoms with Crippen molar-refractivity contribution < 1.29 is 26.5 Å². The number of esters is 1. The average Bonchev–Trinajstić information content (AvgIpc) is 2.38. The van der Waals surface area contributed by atoms with E-state index in [4.69, 9.17) is 4.74 Å². The largest absolute Gasteiger partial charge is 1.00 e. The van der Waals surface area contributed by atoms with Crippen LogP contribution in [0.5, 0.6) is 0 Å². The van der Waals surface area contributed by atoms with E-state index in [9.17, 15) is 4.79 Å². The van der Waals surface area contributed by atoms with Gasteiger partial charge in [-0.3, -0.25) is 0 Å². The fourth-order valence-corrected chi connectivity index (χ4v) is 1.31. The smallest absolute Gasteiger partial charge is 0.342 e. The van der Waals surface area contributed by atoms with Crippen LogP contribution < -0.4 is 17.0 Å². The first-order chi connectivity index (χ1) is 7.86. The molecule has 0 spiro atoms. The van der Waals surface area contributed by atoms with E-state index in [1.807, 2.05) is 48.8 Å². The summed E-state index contributed by atoms with van der Waals surface area (Å²) >= 11 is 0. The van der Waals surface area contributed by atoms with Crippen LogP contribution in [0.15, 0.2) is 60.9 Å². The van der Waals surface area contributed by atoms with Crippen LogP contribution in [0.2, 0.25) is 0 Å². The summed E-state index contributed by atoms with van der Waals surface area (Å²) in [5.74, 6) is -0.308. The summed E-state index contributed by atoms with van der Waals surface area (Å²) in [6, 6.07) is 14.6. The van der Waals surface area contributed by atoms with Gasteiger partial charge < -0.3 is 17.1 Å². The van der Waals surface area contributed by atoms with Crippen LogP contribution >= 0.6 is 0 Å². The fraction of sp³-hybridized carbons (Fsp3) is 0.0769. The van der Waals surface area contributed by atoms with Crippen LogP contribution in [0.1, 0.15) is 10.4 Å². The highest BCUT2D eigenvalue weighted by Gasteiger charge is 2.07. The minimum Gasteiger partial charge on any atom is -1.00 e. The van der Waals surface area contributed by atoms with E-state index in [1.165, 1.54) is 0 Å². The Hall–Kier alpha value is -1.87. The minimum atomic E-state index is -0.308. The maximum atomic E-state index is 11.6. The zero-order valence-electron chi connectivity index (χ0n) is 9.12. The zero-order chi connectivity index (χ0) is 11.2. The van der Waals surface area contributed by atoms with Gasteiger partial charge in [-0.1, -0.05) is 24.3 Å². The Kier molecular flexibility index (Phi) is 5.17. The van der Waals surface area contributed by atoms with Gasteiger partial charge in [0.2, 0.25) is 0 Å². The first-order valence-corrected chi connectivity index (χ1v) is 5.02. The molecule has 0 saturated heterocycles. The molecule has 0 radical (unpaired) electrons. The molecular formula is C13H12ClNO2. The van der Waals surface area contributed by atoms with Crippen molar-refractivity contribution in [3.63, 3.8) is 0 Å². The van der Waals surface area contributed by atoms with Crippen LogP contribution in [0, 0.1) is 0 Å². The van der Waals surface area contributed by atoms with E-state index in [1.54, 1.807) is 16.7 Å². The monoisotopic (exact) mass is 249 g/mol. The topological polar surface area (TPSA) is 30.2 Å². The third-order valence-corrected chi connectivity index (χ3v) is 2.13. The van der Waals surface area contributed by atoms with Crippen LogP contribution in [-0.2, 0) is 11.5 Å². The fourth-order valence-electron chi connectivity index (χ4n) is 1.31. The number of nitrogens with zero attached hydrogens (tertiary/aromatic N) is 1. The van der Waals surface area contributed by atoms with Crippen LogP contribution in [-0.4, -0.2) is 5.97 Å². The van der Waals surface area contributed by atoms with Crippen molar-refractivity contribution in [2.24, 2.45) is 0 Å². The maximum Gasteiger partial charge on any atom is 0.342 e. The summed E-state index contributed by atoms with van der Waals surface area (Å²) in [6.07, 6.45) is 3.69. The quantitative estimate of drug-likeness (QED) is 0.505. The van der Waals surface area contributed by atoms with Gasteiger partial charge in [0.1, 0.15) is 0 Å². The molecule has 2 aromatic rings. The average molecular weight is 250 g/mol. The molecule has 0 saturated carbocycles. The third-order valence-electron chi connectivity index (χ3n) is 2.13. The molecule has 2 rings (SSSR count). The van der Waals surface area contributed by atoms with Gasteiger partial charge in [0, 0.05) is 12.1 Å². The van der Waals surface area contributed by atoms with E-state index >= 15 is 0 Å². The van der Waals surface area contributed by atoms with Crippen molar-refractivity contribution in [3.05, 3.63) is 66.5 Å². The van der Waals surface area contributed by atoms with Crippen molar-refractivity contribution >= 4 is 5.97 Å². The Morgan fingerprint density at radius 1 is 1.00 bits per heavy atom. The predicted octanol–water partition coefficient (Wildman–Crippen LogP) is -1.21. The molecule has 0 bridgehead atoms. The van der Waals surface area contributed by atoms with Gasteiger partial charge in [0.05, 0.1) is 5.56 Å². The molecule has 1 heterocycles. The van der Waals surface area contributed by atoms with Crippen LogP contribution in [0.3, 0.4) is 0 Å². The van der Waals surface area contributed by atoms with Gasteiger partial charge >= 0.3 is 5.97 Å². The molecule has 3 nitrogen and oxygen atoms in total. The number of benzene rings is 1. The molecule has 0 aliphatic rings. The SMILES string of the molecule is O=C(OC[n+]1ccccc1)c1ccccc1.[Cl-]. The number of pyridine rings is 1. The Balaban J connectivity index is 0.00000144. The lowest BCUT2D eigenvalue weighted by atomic mass is 10.2. The summed E-state index contributed by atoms with van der Waals surface area (Å²) in [6.45, 7) is 0.231. The van der Waals surface area contributed by atoms with Gasteiger partial charge in [-0.25, -0.2) is 4.79 Å². The second-order valence-electron chi connectivity index (χ2n) is 3.32. The lowest BCUT2D eigenvalue weighted by Gasteiger charge is -2.00. The molecule has 88 valence electrons. The molecule has 4 heteroatoms. The molecule has 0 amide bonds.